The standard InChI is InChI=1S/C23H17N7OS/c1-14-18(20(31)29-21-24-12-7-13-25-21)19(15-8-3-2-4-9-15)28-22(26-14)30-23-27-16-10-5-6-11-17(16)32-23/h2-13H,1H3,(H,24,25,29,31)(H,26,27,28,30). The van der Waals surface area contributed by atoms with Gasteiger partial charge in [-0.15, -0.1) is 0 Å². The maximum atomic E-state index is 13.1. The predicted molar refractivity (Wildman–Crippen MR) is 125 cm³/mol. The van der Waals surface area contributed by atoms with E-state index in [-0.39, 0.29) is 11.9 Å². The number of benzene rings is 2. The van der Waals surface area contributed by atoms with Crippen LogP contribution in [0.15, 0.2) is 73.1 Å². The fourth-order valence-electron chi connectivity index (χ4n) is 3.25. The molecule has 2 N–H and O–H groups in total. The van der Waals surface area contributed by atoms with E-state index in [9.17, 15) is 4.79 Å². The Morgan fingerprint density at radius 3 is 2.38 bits per heavy atom. The lowest BCUT2D eigenvalue weighted by Crippen LogP contribution is -2.18. The van der Waals surface area contributed by atoms with Gasteiger partial charge >= 0.3 is 0 Å². The van der Waals surface area contributed by atoms with E-state index >= 15 is 0 Å². The molecule has 0 spiro atoms. The first kappa shape index (κ1) is 19.7. The Bertz CT molecular complexity index is 1370. The molecule has 0 radical (unpaired) electrons. The highest BCUT2D eigenvalue weighted by Crippen LogP contribution is 2.30. The number of thiazole rings is 1. The number of nitrogens with one attached hydrogen (secondary N) is 2. The Kier molecular flexibility index (Phi) is 5.22. The van der Waals surface area contributed by atoms with Crippen LogP contribution in [0.5, 0.6) is 0 Å². The largest absolute Gasteiger partial charge is 0.300 e. The van der Waals surface area contributed by atoms with Gasteiger partial charge < -0.3 is 0 Å². The number of para-hydroxylation sites is 1. The van der Waals surface area contributed by atoms with Crippen molar-refractivity contribution in [1.29, 1.82) is 0 Å². The summed E-state index contributed by atoms with van der Waals surface area (Å²) in [5.74, 6) is 0.208. The second-order valence-electron chi connectivity index (χ2n) is 6.86. The van der Waals surface area contributed by atoms with Gasteiger partial charge in [0.1, 0.15) is 0 Å². The number of amides is 1. The van der Waals surface area contributed by atoms with Crippen LogP contribution in [0.1, 0.15) is 16.1 Å². The second kappa shape index (κ2) is 8.48. The first-order valence-electron chi connectivity index (χ1n) is 9.82. The molecule has 2 aromatic carbocycles. The van der Waals surface area contributed by atoms with Gasteiger partial charge in [0, 0.05) is 18.0 Å². The third-order valence-electron chi connectivity index (χ3n) is 4.67. The molecule has 156 valence electrons. The van der Waals surface area contributed by atoms with Crippen molar-refractivity contribution in [3.05, 3.63) is 84.3 Å². The van der Waals surface area contributed by atoms with Gasteiger partial charge in [-0.3, -0.25) is 15.4 Å². The van der Waals surface area contributed by atoms with Crippen LogP contribution < -0.4 is 10.6 Å². The Morgan fingerprint density at radius 1 is 0.844 bits per heavy atom. The summed E-state index contributed by atoms with van der Waals surface area (Å²) in [4.78, 5) is 35.0. The highest BCUT2D eigenvalue weighted by molar-refractivity contribution is 7.22. The smallest absolute Gasteiger partial charge is 0.262 e. The van der Waals surface area contributed by atoms with Crippen LogP contribution in [0.2, 0.25) is 0 Å². The number of anilines is 3. The molecule has 0 aliphatic heterocycles. The first-order chi connectivity index (χ1) is 15.7. The van der Waals surface area contributed by atoms with Crippen LogP contribution in [0.25, 0.3) is 21.5 Å². The lowest BCUT2D eigenvalue weighted by Gasteiger charge is -2.13. The van der Waals surface area contributed by atoms with E-state index < -0.39 is 0 Å². The zero-order valence-electron chi connectivity index (χ0n) is 17.0. The fourth-order valence-corrected chi connectivity index (χ4v) is 4.11. The molecule has 8 nitrogen and oxygen atoms in total. The molecule has 0 bridgehead atoms. The molecule has 3 heterocycles. The number of hydrogen-bond acceptors (Lipinski definition) is 8. The summed E-state index contributed by atoms with van der Waals surface area (Å²) in [7, 11) is 0. The number of aromatic nitrogens is 5. The zero-order valence-corrected chi connectivity index (χ0v) is 17.8. The van der Waals surface area contributed by atoms with Crippen molar-refractivity contribution in [2.45, 2.75) is 6.92 Å². The molecule has 0 aliphatic rings. The SMILES string of the molecule is Cc1nc(Nc2nc3ccccc3s2)nc(-c2ccccc2)c1C(=O)Nc1ncccn1. The Morgan fingerprint density at radius 2 is 1.59 bits per heavy atom. The summed E-state index contributed by atoms with van der Waals surface area (Å²) in [6, 6.07) is 19.1. The number of nitrogens with zero attached hydrogens (tertiary/aromatic N) is 5. The molecule has 5 rings (SSSR count). The molecule has 0 unspecified atom stereocenters. The van der Waals surface area contributed by atoms with Crippen molar-refractivity contribution in [2.75, 3.05) is 10.6 Å². The Hall–Kier alpha value is -4.24. The molecule has 0 fully saturated rings. The molecule has 5 aromatic rings. The van der Waals surface area contributed by atoms with Gasteiger partial charge in [0.25, 0.3) is 5.91 Å². The van der Waals surface area contributed by atoms with Gasteiger partial charge in [-0.05, 0) is 25.1 Å². The number of fused-ring (bicyclic) bond motifs is 1. The number of aryl methyl sites for hydroxylation is 1. The number of carbonyl (C=O) groups is 1. The van der Waals surface area contributed by atoms with Gasteiger partial charge in [-0.1, -0.05) is 53.8 Å². The molecule has 1 amide bonds. The van der Waals surface area contributed by atoms with Gasteiger partial charge in [0.15, 0.2) is 5.13 Å². The van der Waals surface area contributed by atoms with Crippen molar-refractivity contribution in [3.63, 3.8) is 0 Å². The molecule has 9 heteroatoms. The predicted octanol–water partition coefficient (Wildman–Crippen LogP) is 4.85. The molecular weight excluding hydrogens is 422 g/mol. The second-order valence-corrected chi connectivity index (χ2v) is 7.89. The minimum atomic E-state index is -0.376. The molecular formula is C23H17N7OS. The normalized spacial score (nSPS) is 10.8. The van der Waals surface area contributed by atoms with Crippen molar-refractivity contribution < 1.29 is 4.79 Å². The van der Waals surface area contributed by atoms with E-state index in [1.165, 1.54) is 11.3 Å². The zero-order chi connectivity index (χ0) is 21.9. The molecule has 0 saturated carbocycles. The summed E-state index contributed by atoms with van der Waals surface area (Å²) < 4.78 is 1.06. The highest BCUT2D eigenvalue weighted by atomic mass is 32.1. The van der Waals surface area contributed by atoms with E-state index in [1.54, 1.807) is 25.4 Å². The van der Waals surface area contributed by atoms with E-state index in [4.69, 9.17) is 0 Å². The minimum Gasteiger partial charge on any atom is -0.300 e. The third-order valence-corrected chi connectivity index (χ3v) is 5.62. The van der Waals surface area contributed by atoms with Gasteiger partial charge in [0.2, 0.25) is 11.9 Å². The fraction of sp³-hybridized carbons (Fsp3) is 0.0435. The van der Waals surface area contributed by atoms with Gasteiger partial charge in [0.05, 0.1) is 27.2 Å². The van der Waals surface area contributed by atoms with Crippen LogP contribution >= 0.6 is 11.3 Å². The van der Waals surface area contributed by atoms with Crippen molar-refractivity contribution in [3.8, 4) is 11.3 Å². The average molecular weight is 440 g/mol. The van der Waals surface area contributed by atoms with Crippen LogP contribution in [0.3, 0.4) is 0 Å². The molecule has 3 aromatic heterocycles. The lowest BCUT2D eigenvalue weighted by molar-refractivity contribution is 0.102. The summed E-state index contributed by atoms with van der Waals surface area (Å²) >= 11 is 1.51. The number of rotatable bonds is 5. The van der Waals surface area contributed by atoms with E-state index in [0.29, 0.717) is 28.0 Å². The van der Waals surface area contributed by atoms with E-state index in [0.717, 1.165) is 15.8 Å². The number of hydrogen-bond donors (Lipinski definition) is 2. The molecule has 32 heavy (non-hydrogen) atoms. The lowest BCUT2D eigenvalue weighted by atomic mass is 10.0. The van der Waals surface area contributed by atoms with Crippen LogP contribution in [-0.4, -0.2) is 30.8 Å². The quantitative estimate of drug-likeness (QED) is 0.403. The van der Waals surface area contributed by atoms with Crippen molar-refractivity contribution >= 4 is 44.5 Å². The summed E-state index contributed by atoms with van der Waals surface area (Å²) in [5.41, 5.74) is 3.09. The molecule has 0 aliphatic carbocycles. The van der Waals surface area contributed by atoms with Crippen LogP contribution in [0.4, 0.5) is 17.0 Å². The van der Waals surface area contributed by atoms with Crippen LogP contribution in [-0.2, 0) is 0 Å². The molecule has 0 saturated heterocycles. The van der Waals surface area contributed by atoms with E-state index in [2.05, 4.69) is 35.6 Å². The number of carbonyl (C=O) groups excluding carboxylic acids is 1. The maximum Gasteiger partial charge on any atom is 0.262 e. The van der Waals surface area contributed by atoms with Gasteiger partial charge in [-0.25, -0.2) is 24.9 Å². The molecule has 0 atom stereocenters. The van der Waals surface area contributed by atoms with Crippen molar-refractivity contribution in [1.82, 2.24) is 24.9 Å². The van der Waals surface area contributed by atoms with Crippen molar-refractivity contribution in [2.24, 2.45) is 0 Å². The first-order valence-corrected chi connectivity index (χ1v) is 10.6. The topological polar surface area (TPSA) is 106 Å². The van der Waals surface area contributed by atoms with E-state index in [1.807, 2.05) is 54.6 Å². The monoisotopic (exact) mass is 439 g/mol. The van der Waals surface area contributed by atoms with Crippen LogP contribution in [0, 0.1) is 6.92 Å². The minimum absolute atomic E-state index is 0.215. The summed E-state index contributed by atoms with van der Waals surface area (Å²) in [6.07, 6.45) is 3.13. The summed E-state index contributed by atoms with van der Waals surface area (Å²) in [5, 5.41) is 6.59. The highest BCUT2D eigenvalue weighted by Gasteiger charge is 2.21. The maximum absolute atomic E-state index is 13.1. The third kappa shape index (κ3) is 4.01. The summed E-state index contributed by atoms with van der Waals surface area (Å²) in [6.45, 7) is 1.78. The Labute approximate surface area is 187 Å². The average Bonchev–Trinajstić information content (AvgIpc) is 3.22. The van der Waals surface area contributed by atoms with Gasteiger partial charge in [-0.2, -0.15) is 0 Å². The Balaban J connectivity index is 1.55.